The van der Waals surface area contributed by atoms with Crippen LogP contribution in [0.4, 0.5) is 18.9 Å². The van der Waals surface area contributed by atoms with E-state index in [9.17, 15) is 42.9 Å². The number of halogens is 4. The van der Waals surface area contributed by atoms with Gasteiger partial charge in [0.25, 0.3) is 5.69 Å². The number of nitro groups is 1. The third-order valence-corrected chi connectivity index (χ3v) is 4.63. The number of benzene rings is 2. The minimum absolute atomic E-state index is 0.336. The second-order valence-electron chi connectivity index (χ2n) is 5.69. The van der Waals surface area contributed by atoms with Gasteiger partial charge in [0.15, 0.2) is 0 Å². The highest BCUT2D eigenvalue weighted by atomic mass is 35.5. The molecule has 0 aliphatic rings. The lowest BCUT2D eigenvalue weighted by Gasteiger charge is -2.21. The lowest BCUT2D eigenvalue weighted by Crippen LogP contribution is -2.34. The minimum Gasteiger partial charge on any atom is -0.456 e. The number of esters is 1. The Morgan fingerprint density at radius 2 is 1.74 bits per heavy atom. The number of nitro benzene ring substituents is 1. The molecule has 0 bridgehead atoms. The van der Waals surface area contributed by atoms with Crippen molar-refractivity contribution in [1.82, 2.24) is 0 Å². The van der Waals surface area contributed by atoms with E-state index in [0.29, 0.717) is 24.3 Å². The first kappa shape index (κ1) is 24.5. The van der Waals surface area contributed by atoms with Gasteiger partial charge in [-0.05, 0) is 24.3 Å². The summed E-state index contributed by atoms with van der Waals surface area (Å²) in [6.45, 7) is 0. The van der Waals surface area contributed by atoms with Gasteiger partial charge in [0, 0.05) is 12.1 Å². The predicted octanol–water partition coefficient (Wildman–Crippen LogP) is 2.99. The number of carbonyl (C=O) groups excluding carboxylic acids is 1. The summed E-state index contributed by atoms with van der Waals surface area (Å²) in [4.78, 5) is 39.6. The van der Waals surface area contributed by atoms with Crippen molar-refractivity contribution >= 4 is 30.9 Å². The Morgan fingerprint density at radius 1 is 1.13 bits per heavy atom. The summed E-state index contributed by atoms with van der Waals surface area (Å²) in [6, 6.07) is 4.25. The van der Waals surface area contributed by atoms with Gasteiger partial charge in [0.1, 0.15) is 17.1 Å². The third kappa shape index (κ3) is 5.70. The zero-order valence-electron chi connectivity index (χ0n) is 14.6. The van der Waals surface area contributed by atoms with Gasteiger partial charge in [-0.1, -0.05) is 11.6 Å². The maximum Gasteiger partial charge on any atom is 0.431 e. The molecule has 0 aromatic heterocycles. The molecule has 0 radical (unpaired) electrons. The van der Waals surface area contributed by atoms with Crippen molar-refractivity contribution in [2.24, 2.45) is 0 Å². The summed E-state index contributed by atoms with van der Waals surface area (Å²) in [7, 11) is -5.82. The van der Waals surface area contributed by atoms with Crippen molar-refractivity contribution in [3.63, 3.8) is 0 Å². The lowest BCUT2D eigenvalue weighted by molar-refractivity contribution is -0.385. The third-order valence-electron chi connectivity index (χ3n) is 3.48. The molecule has 4 N–H and O–H groups in total. The maximum absolute atomic E-state index is 12.7. The van der Waals surface area contributed by atoms with E-state index in [2.05, 4.69) is 4.74 Å². The average Bonchev–Trinajstić information content (AvgIpc) is 2.61. The quantitative estimate of drug-likeness (QED) is 0.156. The summed E-state index contributed by atoms with van der Waals surface area (Å²) in [5.74, 6) is -2.66. The van der Waals surface area contributed by atoms with Gasteiger partial charge >= 0.3 is 25.5 Å². The van der Waals surface area contributed by atoms with E-state index < -0.39 is 58.0 Å². The molecule has 16 heteroatoms. The van der Waals surface area contributed by atoms with E-state index in [-0.39, 0.29) is 5.75 Å². The minimum atomic E-state index is -5.82. The highest BCUT2D eigenvalue weighted by molar-refractivity contribution is 7.52. The molecule has 0 unspecified atom stereocenters. The number of carbonyl (C=O) groups is 1. The standard InChI is InChI=1S/C15H10ClF3NO10P/c16-10-5-7(14(17,18)19)1-4-12(10)29-8-2-3-11(20(24)25)9(6-8)13(21)30-15(22,23)31(26,27)28/h1-6,22-23H,(H2,26,27,28). The molecule has 11 nitrogen and oxygen atoms in total. The SMILES string of the molecule is O=C(OC(O)(O)P(=O)(O)O)c1cc(Oc2ccc(C(F)(F)F)cc2Cl)ccc1[N+](=O)[O-]. The highest BCUT2D eigenvalue weighted by Crippen LogP contribution is 2.48. The smallest absolute Gasteiger partial charge is 0.431 e. The Hall–Kier alpha value is -2.74. The Balaban J connectivity index is 2.41. The van der Waals surface area contributed by atoms with E-state index >= 15 is 0 Å². The first-order chi connectivity index (χ1) is 14.0. The molecule has 0 aliphatic carbocycles. The van der Waals surface area contributed by atoms with E-state index in [1.807, 2.05) is 0 Å². The highest BCUT2D eigenvalue weighted by Gasteiger charge is 2.49. The van der Waals surface area contributed by atoms with Gasteiger partial charge in [-0.3, -0.25) is 10.1 Å². The largest absolute Gasteiger partial charge is 0.456 e. The zero-order valence-corrected chi connectivity index (χ0v) is 16.3. The zero-order chi connectivity index (χ0) is 23.8. The van der Waals surface area contributed by atoms with E-state index in [1.54, 1.807) is 0 Å². The second-order valence-corrected chi connectivity index (χ2v) is 7.77. The number of nitrogens with zero attached hydrogens (tertiary/aromatic N) is 1. The summed E-state index contributed by atoms with van der Waals surface area (Å²) in [6.07, 6.45) is -4.69. The van der Waals surface area contributed by atoms with E-state index in [1.165, 1.54) is 0 Å². The second kappa shape index (κ2) is 8.42. The normalized spacial score (nSPS) is 12.4. The molecule has 0 fully saturated rings. The number of ether oxygens (including phenoxy) is 2. The molecule has 0 heterocycles. The lowest BCUT2D eigenvalue weighted by atomic mass is 10.1. The van der Waals surface area contributed by atoms with Gasteiger partial charge in [0.2, 0.25) is 0 Å². The number of hydrogen-bond acceptors (Lipinski definition) is 8. The fraction of sp³-hybridized carbons (Fsp3) is 0.133. The van der Waals surface area contributed by atoms with Gasteiger partial charge < -0.3 is 29.5 Å². The molecule has 2 rings (SSSR count). The Kier molecular flexibility index (Phi) is 6.66. The van der Waals surface area contributed by atoms with Crippen molar-refractivity contribution in [2.75, 3.05) is 0 Å². The Labute approximate surface area is 174 Å². The first-order valence-electron chi connectivity index (χ1n) is 7.59. The average molecular weight is 488 g/mol. The van der Waals surface area contributed by atoms with Crippen LogP contribution in [0.5, 0.6) is 11.5 Å². The molecular weight excluding hydrogens is 478 g/mol. The molecular formula is C15H10ClF3NO10P. The molecule has 31 heavy (non-hydrogen) atoms. The van der Waals surface area contributed by atoms with Crippen molar-refractivity contribution in [3.05, 3.63) is 62.7 Å². The van der Waals surface area contributed by atoms with Crippen LogP contribution in [0.15, 0.2) is 36.4 Å². The van der Waals surface area contributed by atoms with E-state index in [0.717, 1.165) is 12.1 Å². The molecule has 168 valence electrons. The molecule has 0 saturated carbocycles. The van der Waals surface area contributed by atoms with Crippen molar-refractivity contribution in [3.8, 4) is 11.5 Å². The van der Waals surface area contributed by atoms with E-state index in [4.69, 9.17) is 26.1 Å². The molecule has 0 saturated heterocycles. The van der Waals surface area contributed by atoms with Crippen LogP contribution in [-0.4, -0.2) is 36.6 Å². The molecule has 0 amide bonds. The maximum atomic E-state index is 12.7. The molecule has 0 spiro atoms. The summed E-state index contributed by atoms with van der Waals surface area (Å²) in [5.41, 5.74) is -7.37. The number of aliphatic hydroxyl groups is 2. The predicted molar refractivity (Wildman–Crippen MR) is 94.3 cm³/mol. The fourth-order valence-electron chi connectivity index (χ4n) is 2.03. The van der Waals surface area contributed by atoms with Crippen LogP contribution in [-0.2, 0) is 15.5 Å². The number of hydrogen-bond donors (Lipinski definition) is 4. The molecule has 0 aliphatic heterocycles. The monoisotopic (exact) mass is 487 g/mol. The number of rotatable bonds is 6. The van der Waals surface area contributed by atoms with Crippen LogP contribution in [0.25, 0.3) is 0 Å². The van der Waals surface area contributed by atoms with Crippen molar-refractivity contribution < 1.29 is 56.9 Å². The Morgan fingerprint density at radius 3 is 2.23 bits per heavy atom. The summed E-state index contributed by atoms with van der Waals surface area (Å²) < 4.78 is 58.1. The van der Waals surface area contributed by atoms with Crippen LogP contribution < -0.4 is 4.74 Å². The first-order valence-corrected chi connectivity index (χ1v) is 9.59. The topological polar surface area (TPSA) is 177 Å². The summed E-state index contributed by atoms with van der Waals surface area (Å²) >= 11 is 5.73. The van der Waals surface area contributed by atoms with Crippen LogP contribution >= 0.6 is 19.2 Å². The molecule has 2 aromatic rings. The fourth-order valence-corrected chi connectivity index (χ4v) is 2.45. The van der Waals surface area contributed by atoms with Crippen molar-refractivity contribution in [2.45, 2.75) is 11.9 Å². The van der Waals surface area contributed by atoms with Gasteiger partial charge in [-0.15, -0.1) is 0 Å². The molecule has 2 aromatic carbocycles. The van der Waals surface area contributed by atoms with Crippen LogP contribution in [0.3, 0.4) is 0 Å². The van der Waals surface area contributed by atoms with Gasteiger partial charge in [0.05, 0.1) is 15.5 Å². The number of alkyl halides is 3. The van der Waals surface area contributed by atoms with Crippen LogP contribution in [0, 0.1) is 10.1 Å². The van der Waals surface area contributed by atoms with Crippen LogP contribution in [0.2, 0.25) is 5.02 Å². The van der Waals surface area contributed by atoms with Gasteiger partial charge in [-0.25, -0.2) is 9.36 Å². The van der Waals surface area contributed by atoms with Gasteiger partial charge in [-0.2, -0.15) is 13.2 Å². The van der Waals surface area contributed by atoms with Crippen molar-refractivity contribution in [1.29, 1.82) is 0 Å². The Bertz CT molecular complexity index is 1090. The summed E-state index contributed by atoms with van der Waals surface area (Å²) in [5, 5.41) is 29.0. The molecule has 0 atom stereocenters. The van der Waals surface area contributed by atoms with Crippen LogP contribution in [0.1, 0.15) is 15.9 Å².